The smallest absolute Gasteiger partial charge is 0.341 e. The number of hydrogen-bond donors (Lipinski definition) is 1. The molecule has 0 aromatic carbocycles. The predicted octanol–water partition coefficient (Wildman–Crippen LogP) is 2.28. The molecule has 0 amide bonds. The van der Waals surface area contributed by atoms with Crippen molar-refractivity contribution in [2.24, 2.45) is 5.92 Å². The Hall–Kier alpha value is -1.33. The number of methoxy groups -OCH3 is 1. The van der Waals surface area contributed by atoms with Crippen molar-refractivity contribution in [1.29, 1.82) is 0 Å². The second-order valence-corrected chi connectivity index (χ2v) is 5.97. The Labute approximate surface area is 126 Å². The number of hydrogen-bond acceptors (Lipinski definition) is 5. The van der Waals surface area contributed by atoms with Gasteiger partial charge in [0.15, 0.2) is 0 Å². The average Bonchev–Trinajstić information content (AvgIpc) is 2.95. The molecule has 1 aliphatic heterocycles. The standard InChI is InChI=1S/C16H26N2O3/c1-12(2)18(10-13-4-7-17-8-5-13)11-15-14(6-9-21-15)16(19)20-3/h6,9,12-13,17H,4-5,7-8,10-11H2,1-3H3. The van der Waals surface area contributed by atoms with Crippen LogP contribution in [0.5, 0.6) is 0 Å². The summed E-state index contributed by atoms with van der Waals surface area (Å²) >= 11 is 0. The lowest BCUT2D eigenvalue weighted by Crippen LogP contribution is -2.39. The van der Waals surface area contributed by atoms with E-state index in [9.17, 15) is 4.79 Å². The number of rotatable bonds is 6. The molecule has 0 bridgehead atoms. The molecule has 0 radical (unpaired) electrons. The van der Waals surface area contributed by atoms with Gasteiger partial charge in [-0.15, -0.1) is 0 Å². The van der Waals surface area contributed by atoms with Gasteiger partial charge in [0.25, 0.3) is 0 Å². The molecule has 1 aliphatic rings. The van der Waals surface area contributed by atoms with E-state index >= 15 is 0 Å². The molecule has 0 spiro atoms. The van der Waals surface area contributed by atoms with Crippen molar-refractivity contribution in [3.05, 3.63) is 23.7 Å². The first-order chi connectivity index (χ1) is 10.1. The maximum atomic E-state index is 11.7. The Balaban J connectivity index is 2.02. The highest BCUT2D eigenvalue weighted by atomic mass is 16.5. The van der Waals surface area contributed by atoms with Crippen molar-refractivity contribution < 1.29 is 13.9 Å². The minimum absolute atomic E-state index is 0.329. The van der Waals surface area contributed by atoms with Crippen LogP contribution in [0.25, 0.3) is 0 Å². The summed E-state index contributed by atoms with van der Waals surface area (Å²) < 4.78 is 10.3. The minimum atomic E-state index is -0.329. The summed E-state index contributed by atoms with van der Waals surface area (Å²) in [4.78, 5) is 14.1. The second-order valence-electron chi connectivity index (χ2n) is 5.97. The van der Waals surface area contributed by atoms with Crippen LogP contribution in [0.4, 0.5) is 0 Å². The zero-order valence-corrected chi connectivity index (χ0v) is 13.2. The SMILES string of the molecule is COC(=O)c1ccoc1CN(CC1CCNCC1)C(C)C. The zero-order valence-electron chi connectivity index (χ0n) is 13.2. The van der Waals surface area contributed by atoms with Gasteiger partial charge in [0.2, 0.25) is 0 Å². The molecule has 21 heavy (non-hydrogen) atoms. The summed E-state index contributed by atoms with van der Waals surface area (Å²) in [6.45, 7) is 8.26. The molecule has 0 atom stereocenters. The van der Waals surface area contributed by atoms with E-state index in [-0.39, 0.29) is 5.97 Å². The summed E-state index contributed by atoms with van der Waals surface area (Å²) in [6, 6.07) is 2.10. The number of furan rings is 1. The molecule has 0 saturated carbocycles. The Bertz CT molecular complexity index is 450. The average molecular weight is 294 g/mol. The lowest BCUT2D eigenvalue weighted by molar-refractivity contribution is 0.0594. The number of piperidine rings is 1. The molecule has 5 nitrogen and oxygen atoms in total. The van der Waals surface area contributed by atoms with E-state index in [1.54, 1.807) is 12.3 Å². The molecule has 1 saturated heterocycles. The highest BCUT2D eigenvalue weighted by molar-refractivity contribution is 5.90. The molecular weight excluding hydrogens is 268 g/mol. The Kier molecular flexibility index (Phi) is 5.82. The van der Waals surface area contributed by atoms with Gasteiger partial charge in [0.05, 0.1) is 19.9 Å². The van der Waals surface area contributed by atoms with Crippen LogP contribution in [0.1, 0.15) is 42.8 Å². The van der Waals surface area contributed by atoms with Crippen molar-refractivity contribution in [3.8, 4) is 0 Å². The number of carbonyl (C=O) groups excluding carboxylic acids is 1. The van der Waals surface area contributed by atoms with E-state index in [4.69, 9.17) is 9.15 Å². The van der Waals surface area contributed by atoms with Crippen LogP contribution in [0, 0.1) is 5.92 Å². The zero-order chi connectivity index (χ0) is 15.2. The van der Waals surface area contributed by atoms with E-state index in [0.29, 0.717) is 29.8 Å². The Morgan fingerprint density at radius 1 is 1.48 bits per heavy atom. The quantitative estimate of drug-likeness (QED) is 0.816. The Morgan fingerprint density at radius 3 is 2.81 bits per heavy atom. The molecule has 2 heterocycles. The first-order valence-electron chi connectivity index (χ1n) is 7.71. The van der Waals surface area contributed by atoms with Gasteiger partial charge in [-0.05, 0) is 51.8 Å². The highest BCUT2D eigenvalue weighted by Gasteiger charge is 2.23. The lowest BCUT2D eigenvalue weighted by Gasteiger charge is -2.32. The summed E-state index contributed by atoms with van der Waals surface area (Å²) in [5.41, 5.74) is 0.536. The molecule has 1 aromatic rings. The van der Waals surface area contributed by atoms with Gasteiger partial charge in [-0.25, -0.2) is 4.79 Å². The van der Waals surface area contributed by atoms with E-state index in [1.807, 2.05) is 0 Å². The molecule has 118 valence electrons. The summed E-state index contributed by atoms with van der Waals surface area (Å²) in [7, 11) is 1.40. The largest absolute Gasteiger partial charge is 0.467 e. The van der Waals surface area contributed by atoms with E-state index < -0.39 is 0 Å². The first kappa shape index (κ1) is 16.0. The third-order valence-corrected chi connectivity index (χ3v) is 4.18. The number of esters is 1. The summed E-state index contributed by atoms with van der Waals surface area (Å²) in [5.74, 6) is 1.08. The minimum Gasteiger partial charge on any atom is -0.467 e. The van der Waals surface area contributed by atoms with Crippen molar-refractivity contribution in [2.45, 2.75) is 39.3 Å². The van der Waals surface area contributed by atoms with Gasteiger partial charge in [0.1, 0.15) is 11.3 Å². The van der Waals surface area contributed by atoms with Crippen LogP contribution >= 0.6 is 0 Å². The molecular formula is C16H26N2O3. The lowest BCUT2D eigenvalue weighted by atomic mass is 9.97. The highest BCUT2D eigenvalue weighted by Crippen LogP contribution is 2.20. The third kappa shape index (κ3) is 4.32. The maximum absolute atomic E-state index is 11.7. The van der Waals surface area contributed by atoms with Crippen LogP contribution in [-0.4, -0.2) is 43.7 Å². The monoisotopic (exact) mass is 294 g/mol. The van der Waals surface area contributed by atoms with Crippen molar-refractivity contribution in [3.63, 3.8) is 0 Å². The number of nitrogens with zero attached hydrogens (tertiary/aromatic N) is 1. The van der Waals surface area contributed by atoms with Gasteiger partial charge < -0.3 is 14.5 Å². The van der Waals surface area contributed by atoms with Gasteiger partial charge in [0, 0.05) is 12.6 Å². The number of nitrogens with one attached hydrogen (secondary N) is 1. The normalized spacial score (nSPS) is 16.6. The molecule has 0 unspecified atom stereocenters. The molecule has 0 aliphatic carbocycles. The fourth-order valence-corrected chi connectivity index (χ4v) is 2.79. The summed E-state index contributed by atoms with van der Waals surface area (Å²) in [5, 5.41) is 3.40. The van der Waals surface area contributed by atoms with Crippen molar-refractivity contribution in [1.82, 2.24) is 10.2 Å². The summed E-state index contributed by atoms with van der Waals surface area (Å²) in [6.07, 6.45) is 3.99. The maximum Gasteiger partial charge on any atom is 0.341 e. The van der Waals surface area contributed by atoms with Gasteiger partial charge >= 0.3 is 5.97 Å². The van der Waals surface area contributed by atoms with Crippen LogP contribution in [0.15, 0.2) is 16.7 Å². The number of ether oxygens (including phenoxy) is 1. The van der Waals surface area contributed by atoms with Gasteiger partial charge in [-0.1, -0.05) is 0 Å². The van der Waals surface area contributed by atoms with Crippen LogP contribution in [0.3, 0.4) is 0 Å². The molecule has 1 fully saturated rings. The molecule has 5 heteroatoms. The van der Waals surface area contributed by atoms with Crippen molar-refractivity contribution >= 4 is 5.97 Å². The topological polar surface area (TPSA) is 54.7 Å². The second kappa shape index (κ2) is 7.61. The molecule has 1 N–H and O–H groups in total. The van der Waals surface area contributed by atoms with Gasteiger partial charge in [-0.3, -0.25) is 4.90 Å². The fourth-order valence-electron chi connectivity index (χ4n) is 2.79. The van der Waals surface area contributed by atoms with Gasteiger partial charge in [-0.2, -0.15) is 0 Å². The van der Waals surface area contributed by atoms with E-state index in [1.165, 1.54) is 20.0 Å². The van der Waals surface area contributed by atoms with Crippen LogP contribution < -0.4 is 5.32 Å². The van der Waals surface area contributed by atoms with Crippen LogP contribution in [-0.2, 0) is 11.3 Å². The third-order valence-electron chi connectivity index (χ3n) is 4.18. The van der Waals surface area contributed by atoms with E-state index in [2.05, 4.69) is 24.1 Å². The van der Waals surface area contributed by atoms with E-state index in [0.717, 1.165) is 19.6 Å². The number of carbonyl (C=O) groups is 1. The Morgan fingerprint density at radius 2 is 2.19 bits per heavy atom. The predicted molar refractivity (Wildman–Crippen MR) is 81.2 cm³/mol. The van der Waals surface area contributed by atoms with Crippen LogP contribution in [0.2, 0.25) is 0 Å². The molecule has 2 rings (SSSR count). The molecule has 1 aromatic heterocycles. The van der Waals surface area contributed by atoms with Crippen molar-refractivity contribution in [2.75, 3.05) is 26.7 Å². The first-order valence-corrected chi connectivity index (χ1v) is 7.71. The fraction of sp³-hybridized carbons (Fsp3) is 0.688.